The van der Waals surface area contributed by atoms with Crippen molar-refractivity contribution in [3.05, 3.63) is 71.2 Å². The number of hydrazone groups is 1. The van der Waals surface area contributed by atoms with Crippen LogP contribution in [-0.2, 0) is 0 Å². The first kappa shape index (κ1) is 19.6. The third kappa shape index (κ3) is 3.40. The van der Waals surface area contributed by atoms with E-state index >= 15 is 0 Å². The summed E-state index contributed by atoms with van der Waals surface area (Å²) in [6.45, 7) is 1.83. The van der Waals surface area contributed by atoms with Gasteiger partial charge in [-0.05, 0) is 39.5 Å². The van der Waals surface area contributed by atoms with E-state index in [1.807, 2.05) is 66.9 Å². The second kappa shape index (κ2) is 8.04. The number of nitrogen functional groups attached to an aromatic ring is 1. The van der Waals surface area contributed by atoms with E-state index in [1.54, 1.807) is 0 Å². The first-order chi connectivity index (χ1) is 15.6. The lowest BCUT2D eigenvalue weighted by Crippen LogP contribution is -2.21. The van der Waals surface area contributed by atoms with Crippen LogP contribution in [0, 0.1) is 0 Å². The van der Waals surface area contributed by atoms with Crippen LogP contribution >= 0.6 is 11.3 Å². The molecule has 0 atom stereocenters. The van der Waals surface area contributed by atoms with E-state index in [1.165, 1.54) is 16.0 Å². The van der Waals surface area contributed by atoms with Gasteiger partial charge in [-0.3, -0.25) is 4.79 Å². The average molecular weight is 444 g/mol. The number of thiophene rings is 1. The number of hydrogen-bond donors (Lipinski definition) is 2. The lowest BCUT2D eigenvalue weighted by Gasteiger charge is -2.07. The molecule has 0 saturated heterocycles. The molecule has 0 fully saturated rings. The molecular weight excluding hydrogens is 428 g/mol. The van der Waals surface area contributed by atoms with Crippen LogP contribution in [0.25, 0.3) is 27.2 Å². The summed E-state index contributed by atoms with van der Waals surface area (Å²) in [6, 6.07) is 17.6. The second-order valence-corrected chi connectivity index (χ2v) is 7.76. The highest BCUT2D eigenvalue weighted by Crippen LogP contribution is 2.30. The number of hydrogen-bond acceptors (Lipinski definition) is 9. The number of rotatable bonds is 5. The Hall–Kier alpha value is -4.38. The van der Waals surface area contributed by atoms with E-state index in [4.69, 9.17) is 5.73 Å². The minimum atomic E-state index is -0.519. The molecule has 3 aromatic heterocycles. The minimum absolute atomic E-state index is 0.0319. The van der Waals surface area contributed by atoms with Crippen molar-refractivity contribution < 1.29 is 9.42 Å². The van der Waals surface area contributed by atoms with Crippen molar-refractivity contribution in [2.24, 2.45) is 5.10 Å². The van der Waals surface area contributed by atoms with Gasteiger partial charge in [0.25, 0.3) is 5.91 Å². The number of nitrogens with one attached hydrogen (secondary N) is 1. The molecule has 0 aliphatic carbocycles. The molecule has 0 saturated carbocycles. The standard InChI is InChI=1S/C21H16N8O2S/c1-12(14-9-4-7-13-6-2-3-8-15(13)14)23-25-21(30)17-18(16-10-5-11-32-16)29(28-24-17)20-19(22)26-31-27-20/h2-11H,1H3,(H2,22,26)(H,25,30). The summed E-state index contributed by atoms with van der Waals surface area (Å²) >= 11 is 1.42. The van der Waals surface area contributed by atoms with Crippen LogP contribution in [0.15, 0.2) is 69.7 Å². The zero-order valence-electron chi connectivity index (χ0n) is 16.8. The van der Waals surface area contributed by atoms with Crippen molar-refractivity contribution in [1.29, 1.82) is 0 Å². The Morgan fingerprint density at radius 1 is 1.12 bits per heavy atom. The number of nitrogens with zero attached hydrogens (tertiary/aromatic N) is 6. The van der Waals surface area contributed by atoms with Gasteiger partial charge >= 0.3 is 0 Å². The van der Waals surface area contributed by atoms with Gasteiger partial charge in [-0.15, -0.1) is 16.4 Å². The molecule has 0 aliphatic heterocycles. The highest BCUT2D eigenvalue weighted by atomic mass is 32.1. The molecule has 3 N–H and O–H groups in total. The maximum absolute atomic E-state index is 13.0. The van der Waals surface area contributed by atoms with E-state index in [9.17, 15) is 4.79 Å². The average Bonchev–Trinajstić information content (AvgIpc) is 3.57. The first-order valence-corrected chi connectivity index (χ1v) is 10.4. The lowest BCUT2D eigenvalue weighted by atomic mass is 10.0. The highest BCUT2D eigenvalue weighted by Gasteiger charge is 2.25. The van der Waals surface area contributed by atoms with Crippen LogP contribution < -0.4 is 11.2 Å². The molecule has 158 valence electrons. The number of anilines is 1. The Balaban J connectivity index is 1.50. The molecule has 11 heteroatoms. The maximum Gasteiger partial charge on any atom is 0.294 e. The van der Waals surface area contributed by atoms with Crippen molar-refractivity contribution in [3.63, 3.8) is 0 Å². The van der Waals surface area contributed by atoms with Gasteiger partial charge in [-0.1, -0.05) is 53.7 Å². The summed E-state index contributed by atoms with van der Waals surface area (Å²) < 4.78 is 6.00. The van der Waals surface area contributed by atoms with E-state index < -0.39 is 5.91 Å². The number of aromatic nitrogens is 5. The van der Waals surface area contributed by atoms with Gasteiger partial charge < -0.3 is 5.73 Å². The summed E-state index contributed by atoms with van der Waals surface area (Å²) in [6.07, 6.45) is 0. The summed E-state index contributed by atoms with van der Waals surface area (Å²) in [5, 5.41) is 23.7. The van der Waals surface area contributed by atoms with Crippen LogP contribution in [0.2, 0.25) is 0 Å². The monoisotopic (exact) mass is 444 g/mol. The Labute approximate surface area is 185 Å². The predicted molar refractivity (Wildman–Crippen MR) is 121 cm³/mol. The molecule has 0 unspecified atom stereocenters. The van der Waals surface area contributed by atoms with Gasteiger partial charge in [-0.2, -0.15) is 9.78 Å². The number of amides is 1. The molecule has 5 rings (SSSR count). The highest BCUT2D eigenvalue weighted by molar-refractivity contribution is 7.13. The topological polar surface area (TPSA) is 137 Å². The number of benzene rings is 2. The van der Waals surface area contributed by atoms with Gasteiger partial charge in [0.05, 0.1) is 10.6 Å². The minimum Gasteiger partial charge on any atom is -0.378 e. The molecule has 0 aliphatic rings. The van der Waals surface area contributed by atoms with Crippen molar-refractivity contribution >= 4 is 39.5 Å². The van der Waals surface area contributed by atoms with Crippen LogP contribution in [-0.4, -0.2) is 36.9 Å². The molecule has 0 bridgehead atoms. The number of carbonyl (C=O) groups excluding carboxylic acids is 1. The largest absolute Gasteiger partial charge is 0.378 e. The molecule has 32 heavy (non-hydrogen) atoms. The van der Waals surface area contributed by atoms with Crippen LogP contribution in [0.1, 0.15) is 23.0 Å². The van der Waals surface area contributed by atoms with E-state index in [0.717, 1.165) is 21.2 Å². The van der Waals surface area contributed by atoms with Crippen molar-refractivity contribution in [1.82, 2.24) is 30.7 Å². The first-order valence-electron chi connectivity index (χ1n) is 9.54. The fourth-order valence-corrected chi connectivity index (χ4v) is 4.10. The summed E-state index contributed by atoms with van der Waals surface area (Å²) in [5.74, 6) is -0.339. The van der Waals surface area contributed by atoms with Gasteiger partial charge in [-0.25, -0.2) is 10.1 Å². The Kier molecular flexibility index (Phi) is 4.92. The summed E-state index contributed by atoms with van der Waals surface area (Å²) in [7, 11) is 0. The van der Waals surface area contributed by atoms with Crippen molar-refractivity contribution in [2.45, 2.75) is 6.92 Å². The van der Waals surface area contributed by atoms with Crippen LogP contribution in [0.4, 0.5) is 5.82 Å². The molecule has 10 nitrogen and oxygen atoms in total. The van der Waals surface area contributed by atoms with Gasteiger partial charge in [0.2, 0.25) is 11.6 Å². The van der Waals surface area contributed by atoms with Gasteiger partial charge in [0.15, 0.2) is 5.69 Å². The van der Waals surface area contributed by atoms with Crippen molar-refractivity contribution in [2.75, 3.05) is 5.73 Å². The predicted octanol–water partition coefficient (Wildman–Crippen LogP) is 3.27. The molecule has 1 amide bonds. The van der Waals surface area contributed by atoms with E-state index in [-0.39, 0.29) is 17.3 Å². The zero-order chi connectivity index (χ0) is 22.1. The SMILES string of the molecule is CC(=NNC(=O)c1nnn(-c2nonc2N)c1-c1cccs1)c1cccc2ccccc12. The van der Waals surface area contributed by atoms with Gasteiger partial charge in [0.1, 0.15) is 5.69 Å². The smallest absolute Gasteiger partial charge is 0.294 e. The normalized spacial score (nSPS) is 11.7. The third-order valence-corrected chi connectivity index (χ3v) is 5.72. The van der Waals surface area contributed by atoms with Crippen molar-refractivity contribution in [3.8, 4) is 16.4 Å². The molecule has 2 aromatic carbocycles. The van der Waals surface area contributed by atoms with E-state index in [0.29, 0.717) is 11.4 Å². The zero-order valence-corrected chi connectivity index (χ0v) is 17.6. The molecular formula is C21H16N8O2S. The lowest BCUT2D eigenvalue weighted by molar-refractivity contribution is 0.0950. The quantitative estimate of drug-likeness (QED) is 0.313. The molecule has 0 spiro atoms. The molecule has 3 heterocycles. The fraction of sp³-hybridized carbons (Fsp3) is 0.0476. The Morgan fingerprint density at radius 2 is 1.97 bits per heavy atom. The third-order valence-electron chi connectivity index (χ3n) is 4.84. The number of fused-ring (bicyclic) bond motifs is 1. The second-order valence-electron chi connectivity index (χ2n) is 6.81. The molecule has 0 radical (unpaired) electrons. The Morgan fingerprint density at radius 3 is 2.75 bits per heavy atom. The number of carbonyl (C=O) groups is 1. The van der Waals surface area contributed by atoms with Crippen LogP contribution in [0.5, 0.6) is 0 Å². The van der Waals surface area contributed by atoms with Gasteiger partial charge in [0, 0.05) is 5.56 Å². The van der Waals surface area contributed by atoms with Crippen LogP contribution in [0.3, 0.4) is 0 Å². The maximum atomic E-state index is 13.0. The fourth-order valence-electron chi connectivity index (χ4n) is 3.34. The summed E-state index contributed by atoms with van der Waals surface area (Å²) in [5.41, 5.74) is 10.5. The number of nitrogens with two attached hydrogens (primary N) is 1. The van der Waals surface area contributed by atoms with E-state index in [2.05, 4.69) is 35.8 Å². The summed E-state index contributed by atoms with van der Waals surface area (Å²) in [4.78, 5) is 13.8. The molecule has 5 aromatic rings. The Bertz CT molecular complexity index is 1450.